The third kappa shape index (κ3) is 6.75. The van der Waals surface area contributed by atoms with Crippen molar-refractivity contribution in [3.8, 4) is 0 Å². The number of nitrogens with zero attached hydrogens (tertiary/aromatic N) is 3. The second-order valence-electron chi connectivity index (χ2n) is 7.00. The molecule has 5 nitrogen and oxygen atoms in total. The standard InChI is InChI=1S/C16H31N5S/c1-12(2)13-9-22-14(20-13)8-18-15(17-5)19-10-16(3,4)11-21(6)7/h9,12H,8,10-11H2,1-7H3,(H2,17,18,19). The summed E-state index contributed by atoms with van der Waals surface area (Å²) in [7, 11) is 6.00. The highest BCUT2D eigenvalue weighted by Crippen LogP contribution is 2.17. The lowest BCUT2D eigenvalue weighted by molar-refractivity contribution is 0.241. The SMILES string of the molecule is CN=C(NCc1nc(C(C)C)cs1)NCC(C)(C)CN(C)C. The van der Waals surface area contributed by atoms with Crippen molar-refractivity contribution in [1.82, 2.24) is 20.5 Å². The van der Waals surface area contributed by atoms with Gasteiger partial charge in [-0.15, -0.1) is 11.3 Å². The fraction of sp³-hybridized carbons (Fsp3) is 0.750. The first-order chi connectivity index (χ1) is 10.2. The largest absolute Gasteiger partial charge is 0.356 e. The molecule has 0 fully saturated rings. The van der Waals surface area contributed by atoms with Gasteiger partial charge in [0, 0.05) is 25.5 Å². The average molecular weight is 326 g/mol. The molecule has 126 valence electrons. The molecule has 22 heavy (non-hydrogen) atoms. The minimum absolute atomic E-state index is 0.188. The van der Waals surface area contributed by atoms with Gasteiger partial charge in [-0.25, -0.2) is 4.98 Å². The molecule has 0 atom stereocenters. The first-order valence-corrected chi connectivity index (χ1v) is 8.65. The van der Waals surface area contributed by atoms with E-state index in [9.17, 15) is 0 Å². The van der Waals surface area contributed by atoms with Gasteiger partial charge >= 0.3 is 0 Å². The molecule has 0 bridgehead atoms. The molecular formula is C16H31N5S. The van der Waals surface area contributed by atoms with Crippen LogP contribution in [0.15, 0.2) is 10.4 Å². The van der Waals surface area contributed by atoms with Crippen LogP contribution in [0.25, 0.3) is 0 Å². The molecule has 6 heteroatoms. The number of hydrogen-bond acceptors (Lipinski definition) is 4. The monoisotopic (exact) mass is 325 g/mol. The minimum atomic E-state index is 0.188. The van der Waals surface area contributed by atoms with Crippen LogP contribution >= 0.6 is 11.3 Å². The van der Waals surface area contributed by atoms with E-state index in [0.29, 0.717) is 12.5 Å². The van der Waals surface area contributed by atoms with Crippen LogP contribution in [0, 0.1) is 5.41 Å². The number of aromatic nitrogens is 1. The molecule has 0 unspecified atom stereocenters. The molecule has 0 saturated heterocycles. The van der Waals surface area contributed by atoms with Crippen LogP contribution in [-0.4, -0.2) is 50.1 Å². The maximum atomic E-state index is 4.63. The molecule has 2 N–H and O–H groups in total. The van der Waals surface area contributed by atoms with E-state index in [1.54, 1.807) is 18.4 Å². The summed E-state index contributed by atoms with van der Waals surface area (Å²) in [5, 5.41) is 9.97. The maximum absolute atomic E-state index is 4.63. The van der Waals surface area contributed by atoms with Crippen molar-refractivity contribution in [3.63, 3.8) is 0 Å². The molecule has 0 aliphatic rings. The van der Waals surface area contributed by atoms with Gasteiger partial charge in [-0.05, 0) is 25.4 Å². The Morgan fingerprint density at radius 1 is 1.36 bits per heavy atom. The zero-order valence-corrected chi connectivity index (χ0v) is 15.8. The smallest absolute Gasteiger partial charge is 0.191 e. The van der Waals surface area contributed by atoms with Gasteiger partial charge < -0.3 is 15.5 Å². The Bertz CT molecular complexity index is 477. The van der Waals surface area contributed by atoms with Gasteiger partial charge in [0.1, 0.15) is 5.01 Å². The molecular weight excluding hydrogens is 294 g/mol. The van der Waals surface area contributed by atoms with Crippen LogP contribution in [0.5, 0.6) is 0 Å². The molecule has 0 aliphatic carbocycles. The summed E-state index contributed by atoms with van der Waals surface area (Å²) >= 11 is 1.70. The van der Waals surface area contributed by atoms with Gasteiger partial charge in [0.15, 0.2) is 5.96 Å². The normalized spacial score (nSPS) is 13.0. The lowest BCUT2D eigenvalue weighted by Crippen LogP contribution is -2.44. The summed E-state index contributed by atoms with van der Waals surface area (Å²) < 4.78 is 0. The molecule has 1 aromatic rings. The summed E-state index contributed by atoms with van der Waals surface area (Å²) in [6, 6.07) is 0. The lowest BCUT2D eigenvalue weighted by atomic mass is 9.93. The number of hydrogen-bond donors (Lipinski definition) is 2. The van der Waals surface area contributed by atoms with E-state index in [4.69, 9.17) is 0 Å². The van der Waals surface area contributed by atoms with Crippen LogP contribution < -0.4 is 10.6 Å². The predicted molar refractivity (Wildman–Crippen MR) is 96.7 cm³/mol. The first kappa shape index (κ1) is 18.9. The van der Waals surface area contributed by atoms with E-state index in [0.717, 1.165) is 29.8 Å². The fourth-order valence-corrected chi connectivity index (χ4v) is 3.18. The fourth-order valence-electron chi connectivity index (χ4n) is 2.29. The Labute approximate surface area is 139 Å². The molecule has 0 amide bonds. The van der Waals surface area contributed by atoms with Crippen molar-refractivity contribution in [3.05, 3.63) is 16.1 Å². The van der Waals surface area contributed by atoms with E-state index in [1.807, 2.05) is 0 Å². The van der Waals surface area contributed by atoms with Gasteiger partial charge in [0.25, 0.3) is 0 Å². The molecule has 0 aliphatic heterocycles. The second kappa shape index (κ2) is 8.48. The van der Waals surface area contributed by atoms with Gasteiger partial charge in [0.05, 0.1) is 12.2 Å². The van der Waals surface area contributed by atoms with E-state index in [2.05, 4.69) is 72.7 Å². The average Bonchev–Trinajstić information content (AvgIpc) is 2.86. The topological polar surface area (TPSA) is 52.6 Å². The molecule has 0 radical (unpaired) electrons. The molecule has 0 aromatic carbocycles. The van der Waals surface area contributed by atoms with E-state index in [-0.39, 0.29) is 5.41 Å². The van der Waals surface area contributed by atoms with Crippen molar-refractivity contribution in [2.24, 2.45) is 10.4 Å². The summed E-state index contributed by atoms with van der Waals surface area (Å²) in [6.45, 7) is 11.5. The van der Waals surface area contributed by atoms with Crippen LogP contribution in [0.4, 0.5) is 0 Å². The van der Waals surface area contributed by atoms with Gasteiger partial charge in [0.2, 0.25) is 0 Å². The highest BCUT2D eigenvalue weighted by atomic mass is 32.1. The number of aliphatic imine (C=N–C) groups is 1. The third-order valence-electron chi connectivity index (χ3n) is 3.27. The predicted octanol–water partition coefficient (Wildman–Crippen LogP) is 2.52. The van der Waals surface area contributed by atoms with Crippen molar-refractivity contribution in [2.45, 2.75) is 40.2 Å². The van der Waals surface area contributed by atoms with Crippen LogP contribution in [0.2, 0.25) is 0 Å². The Morgan fingerprint density at radius 2 is 2.05 bits per heavy atom. The highest BCUT2D eigenvalue weighted by Gasteiger charge is 2.19. The van der Waals surface area contributed by atoms with Gasteiger partial charge in [-0.1, -0.05) is 27.7 Å². The summed E-state index contributed by atoms with van der Waals surface area (Å²) in [5.41, 5.74) is 1.35. The maximum Gasteiger partial charge on any atom is 0.191 e. The van der Waals surface area contributed by atoms with Crippen LogP contribution in [0.1, 0.15) is 44.3 Å². The highest BCUT2D eigenvalue weighted by molar-refractivity contribution is 7.09. The first-order valence-electron chi connectivity index (χ1n) is 7.77. The van der Waals surface area contributed by atoms with Crippen molar-refractivity contribution in [1.29, 1.82) is 0 Å². The third-order valence-corrected chi connectivity index (χ3v) is 4.14. The summed E-state index contributed by atoms with van der Waals surface area (Å²) in [5.74, 6) is 1.31. The number of nitrogens with one attached hydrogen (secondary N) is 2. The van der Waals surface area contributed by atoms with Gasteiger partial charge in [-0.2, -0.15) is 0 Å². The van der Waals surface area contributed by atoms with Crippen LogP contribution in [0.3, 0.4) is 0 Å². The summed E-state index contributed by atoms with van der Waals surface area (Å²) in [6.07, 6.45) is 0. The molecule has 1 aromatic heterocycles. The summed E-state index contributed by atoms with van der Waals surface area (Å²) in [4.78, 5) is 11.1. The van der Waals surface area contributed by atoms with Crippen molar-refractivity contribution < 1.29 is 0 Å². The van der Waals surface area contributed by atoms with Gasteiger partial charge in [-0.3, -0.25) is 4.99 Å². The molecule has 1 heterocycles. The van der Waals surface area contributed by atoms with Crippen molar-refractivity contribution >= 4 is 17.3 Å². The number of rotatable bonds is 7. The Balaban J connectivity index is 2.45. The quantitative estimate of drug-likeness (QED) is 0.597. The molecule has 1 rings (SSSR count). The zero-order valence-electron chi connectivity index (χ0n) is 15.0. The Kier molecular flexibility index (Phi) is 7.29. The van der Waals surface area contributed by atoms with Crippen molar-refractivity contribution in [2.75, 3.05) is 34.2 Å². The molecule has 0 saturated carbocycles. The number of guanidine groups is 1. The Morgan fingerprint density at radius 3 is 2.55 bits per heavy atom. The number of thiazole rings is 1. The zero-order chi connectivity index (χ0) is 16.8. The Hall–Kier alpha value is -1.14. The molecule has 0 spiro atoms. The van der Waals surface area contributed by atoms with E-state index < -0.39 is 0 Å². The minimum Gasteiger partial charge on any atom is -0.356 e. The van der Waals surface area contributed by atoms with E-state index in [1.165, 1.54) is 0 Å². The second-order valence-corrected chi connectivity index (χ2v) is 7.94. The van der Waals surface area contributed by atoms with E-state index >= 15 is 0 Å². The van der Waals surface area contributed by atoms with Crippen LogP contribution in [-0.2, 0) is 6.54 Å². The lowest BCUT2D eigenvalue weighted by Gasteiger charge is -2.29.